The Morgan fingerprint density at radius 3 is 1.44 bits per heavy atom. The molecule has 0 N–H and O–H groups in total. The maximum Gasteiger partial charge on any atom is 0.164 e. The summed E-state index contributed by atoms with van der Waals surface area (Å²) in [6.07, 6.45) is 14.9. The van der Waals surface area contributed by atoms with Gasteiger partial charge in [-0.3, -0.25) is 20.0 Å². The fourth-order valence-corrected chi connectivity index (χ4v) is 7.10. The van der Waals surface area contributed by atoms with Gasteiger partial charge in [-0.1, -0.05) is 97.6 Å². The van der Waals surface area contributed by atoms with Gasteiger partial charge in [0.15, 0.2) is 17.5 Å². The van der Waals surface area contributed by atoms with Gasteiger partial charge in [0.2, 0.25) is 0 Å². The van der Waals surface area contributed by atoms with Crippen LogP contribution in [0.3, 0.4) is 0 Å². The molecule has 0 saturated carbocycles. The van der Waals surface area contributed by atoms with Crippen LogP contribution in [0, 0.1) is 0 Å². The first-order chi connectivity index (χ1) is 30.5. The van der Waals surface area contributed by atoms with Crippen molar-refractivity contribution in [3.8, 4) is 78.9 Å². The first kappa shape index (κ1) is 40.5. The predicted molar refractivity (Wildman–Crippen MR) is 257 cm³/mol. The van der Waals surface area contributed by atoms with Gasteiger partial charge in [-0.2, -0.15) is 0 Å². The Labute approximate surface area is 362 Å². The topological polar surface area (TPSA) is 89.2 Å². The van der Waals surface area contributed by atoms with Crippen LogP contribution in [-0.2, 0) is 0 Å². The summed E-state index contributed by atoms with van der Waals surface area (Å²) in [4.78, 5) is 34.0. The molecule has 0 atom stereocenters. The van der Waals surface area contributed by atoms with E-state index in [0.717, 1.165) is 84.0 Å². The lowest BCUT2D eigenvalue weighted by molar-refractivity contribution is 1.07. The largest absolute Gasteiger partial charge is 0.264 e. The minimum absolute atomic E-state index is 0.533. The number of aromatic nitrogens is 5. The first-order valence-electron chi connectivity index (χ1n) is 20.3. The summed E-state index contributed by atoms with van der Waals surface area (Å²) in [6.45, 7) is 12.0. The van der Waals surface area contributed by atoms with Crippen molar-refractivity contribution in [1.29, 1.82) is 0 Å². The molecule has 0 aliphatic rings. The van der Waals surface area contributed by atoms with Crippen molar-refractivity contribution in [2.75, 3.05) is 0 Å². The van der Waals surface area contributed by atoms with Gasteiger partial charge in [-0.15, -0.1) is 0 Å². The summed E-state index contributed by atoms with van der Waals surface area (Å²) in [5, 5.41) is 0. The molecule has 3 heterocycles. The van der Waals surface area contributed by atoms with Gasteiger partial charge in [0, 0.05) is 57.5 Å². The van der Waals surface area contributed by atoms with Gasteiger partial charge >= 0.3 is 0 Å². The van der Waals surface area contributed by atoms with Gasteiger partial charge in [0.05, 0.1) is 22.8 Å². The van der Waals surface area contributed by atoms with E-state index in [9.17, 15) is 0 Å². The van der Waals surface area contributed by atoms with Crippen molar-refractivity contribution < 1.29 is 0 Å². The van der Waals surface area contributed by atoms with Crippen molar-refractivity contribution in [3.63, 3.8) is 0 Å². The van der Waals surface area contributed by atoms with E-state index in [0.29, 0.717) is 17.5 Å². The average molecular weight is 802 g/mol. The Morgan fingerprint density at radius 2 is 0.952 bits per heavy atom. The smallest absolute Gasteiger partial charge is 0.164 e. The third kappa shape index (κ3) is 9.28. The molecule has 8 aromatic rings. The maximum atomic E-state index is 5.16. The first-order valence-corrected chi connectivity index (χ1v) is 20.3. The van der Waals surface area contributed by atoms with Gasteiger partial charge < -0.3 is 0 Å². The second kappa shape index (κ2) is 19.2. The van der Waals surface area contributed by atoms with Crippen molar-refractivity contribution in [2.24, 2.45) is 9.98 Å². The van der Waals surface area contributed by atoms with E-state index >= 15 is 0 Å². The molecule has 0 spiro atoms. The van der Waals surface area contributed by atoms with Crippen LogP contribution < -0.4 is 0 Å². The molecule has 0 fully saturated rings. The third-order valence-electron chi connectivity index (χ3n) is 10.1. The minimum Gasteiger partial charge on any atom is -0.264 e. The zero-order chi connectivity index (χ0) is 42.7. The zero-order valence-electron chi connectivity index (χ0n) is 34.6. The van der Waals surface area contributed by atoms with Gasteiger partial charge in [-0.05, 0) is 134 Å². The fourth-order valence-electron chi connectivity index (χ4n) is 7.10. The van der Waals surface area contributed by atoms with Crippen LogP contribution in [0.15, 0.2) is 217 Å². The summed E-state index contributed by atoms with van der Waals surface area (Å²) in [6, 6.07) is 51.3. The molecule has 7 heteroatoms. The van der Waals surface area contributed by atoms with E-state index in [1.54, 1.807) is 12.3 Å². The molecule has 0 saturated heterocycles. The summed E-state index contributed by atoms with van der Waals surface area (Å²) in [5.41, 5.74) is 13.2. The number of rotatable bonds is 13. The fraction of sp³-hybridized carbons (Fsp3) is 0.0364. The number of hydrogen-bond donors (Lipinski definition) is 0. The number of benzene rings is 5. The Morgan fingerprint density at radius 1 is 0.484 bits per heavy atom. The van der Waals surface area contributed by atoms with E-state index < -0.39 is 0 Å². The van der Waals surface area contributed by atoms with Crippen LogP contribution in [0.25, 0.3) is 84.6 Å². The normalized spacial score (nSPS) is 11.9. The monoisotopic (exact) mass is 801 g/mol. The summed E-state index contributed by atoms with van der Waals surface area (Å²) in [5.74, 6) is 1.68. The lowest BCUT2D eigenvalue weighted by Gasteiger charge is -2.16. The number of allylic oxidation sites excluding steroid dienone is 5. The van der Waals surface area contributed by atoms with E-state index in [1.807, 2.05) is 148 Å². The molecule has 62 heavy (non-hydrogen) atoms. The molecule has 5 aromatic carbocycles. The molecule has 7 nitrogen and oxygen atoms in total. The second-order valence-electron chi connectivity index (χ2n) is 14.3. The van der Waals surface area contributed by atoms with Crippen molar-refractivity contribution >= 4 is 18.1 Å². The molecule has 0 aliphatic heterocycles. The lowest BCUT2D eigenvalue weighted by atomic mass is 9.90. The van der Waals surface area contributed by atoms with E-state index in [4.69, 9.17) is 29.9 Å². The highest BCUT2D eigenvalue weighted by Crippen LogP contribution is 2.38. The lowest BCUT2D eigenvalue weighted by Crippen LogP contribution is -2.01. The van der Waals surface area contributed by atoms with Crippen LogP contribution in [0.5, 0.6) is 0 Å². The highest BCUT2D eigenvalue weighted by molar-refractivity contribution is 6.10. The molecular formula is C55H43N7. The molecule has 0 aliphatic carbocycles. The van der Waals surface area contributed by atoms with Crippen LogP contribution in [0.2, 0.25) is 0 Å². The predicted octanol–water partition coefficient (Wildman–Crippen LogP) is 13.5. The standard InChI is InChI=1S/C55H43N7/c1-5-8-23-50(56-4)45-31-42(30-44(36-45)49(7-3)57-26-6-2)40-29-41(43-32-46(51-24-15-17-27-58-51)37-47(33-43)52-25-16-18-28-59-52)35-48(34-40)55-61-53(38-19-11-9-12-20-38)60-54(62-55)39-21-13-10-14-22-39/h5-37H,3-4H2,1-2H3/b8-5-,26-6-,50-23-,57-49?. The summed E-state index contributed by atoms with van der Waals surface area (Å²) >= 11 is 0. The average Bonchev–Trinajstić information content (AvgIpc) is 3.35. The number of hydrogen-bond acceptors (Lipinski definition) is 7. The van der Waals surface area contributed by atoms with Crippen LogP contribution >= 0.6 is 0 Å². The molecule has 3 aromatic heterocycles. The van der Waals surface area contributed by atoms with Crippen LogP contribution in [0.1, 0.15) is 25.0 Å². The maximum absolute atomic E-state index is 5.16. The van der Waals surface area contributed by atoms with Gasteiger partial charge in [0.1, 0.15) is 0 Å². The Kier molecular flexibility index (Phi) is 12.5. The minimum atomic E-state index is 0.533. The second-order valence-corrected chi connectivity index (χ2v) is 14.3. The molecule has 0 bridgehead atoms. The van der Waals surface area contributed by atoms with Crippen LogP contribution in [-0.4, -0.2) is 37.3 Å². The highest BCUT2D eigenvalue weighted by atomic mass is 15.0. The number of nitrogens with zero attached hydrogens (tertiary/aromatic N) is 7. The SMILES string of the molecule is C=CC(=N/C=C\C)c1cc(/C(=C/C=C\C)N=C)cc(-c2cc(-c3cc(-c4ccccn4)cc(-c4ccccn4)c3)cc(-c3nc(-c4ccccc4)nc(-c4ccccc4)n3)c2)c1. The molecule has 0 radical (unpaired) electrons. The van der Waals surface area contributed by atoms with Crippen molar-refractivity contribution in [1.82, 2.24) is 24.9 Å². The third-order valence-corrected chi connectivity index (χ3v) is 10.1. The molecule has 298 valence electrons. The summed E-state index contributed by atoms with van der Waals surface area (Å²) < 4.78 is 0. The zero-order valence-corrected chi connectivity index (χ0v) is 34.6. The van der Waals surface area contributed by atoms with E-state index in [-0.39, 0.29) is 0 Å². The van der Waals surface area contributed by atoms with Crippen molar-refractivity contribution in [3.05, 3.63) is 218 Å². The quantitative estimate of drug-likeness (QED) is 0.0855. The van der Waals surface area contributed by atoms with Crippen molar-refractivity contribution in [2.45, 2.75) is 13.8 Å². The molecular weight excluding hydrogens is 759 g/mol. The molecule has 0 unspecified atom stereocenters. The van der Waals surface area contributed by atoms with Crippen LogP contribution in [0.4, 0.5) is 0 Å². The number of aliphatic imine (C=N–C) groups is 2. The van der Waals surface area contributed by atoms with E-state index in [2.05, 4.69) is 72.9 Å². The molecule has 0 amide bonds. The Hall–Kier alpha value is -8.29. The van der Waals surface area contributed by atoms with Gasteiger partial charge in [0.25, 0.3) is 0 Å². The summed E-state index contributed by atoms with van der Waals surface area (Å²) in [7, 11) is 0. The van der Waals surface area contributed by atoms with Gasteiger partial charge in [-0.25, -0.2) is 15.0 Å². The number of pyridine rings is 2. The Balaban J connectivity index is 1.44. The Bertz CT molecular complexity index is 2680. The molecule has 8 rings (SSSR count). The van der Waals surface area contributed by atoms with E-state index in [1.165, 1.54) is 0 Å². The highest BCUT2D eigenvalue weighted by Gasteiger charge is 2.18.